The molecule has 0 aliphatic heterocycles. The smallest absolute Gasteiger partial charge is 0.224 e. The van der Waals surface area contributed by atoms with Crippen molar-refractivity contribution in [1.82, 2.24) is 5.32 Å². The van der Waals surface area contributed by atoms with Gasteiger partial charge in [-0.25, -0.2) is 0 Å². The molecule has 0 fully saturated rings. The second-order valence-electron chi connectivity index (χ2n) is 4.50. The molecule has 104 valence electrons. The number of halogens is 1. The van der Waals surface area contributed by atoms with E-state index < -0.39 is 6.10 Å². The van der Waals surface area contributed by atoms with E-state index in [9.17, 15) is 9.90 Å². The highest BCUT2D eigenvalue weighted by atomic mass is 35.5. The lowest BCUT2D eigenvalue weighted by Crippen LogP contribution is -2.29. The number of aliphatic hydroxyl groups is 1. The van der Waals surface area contributed by atoms with Crippen LogP contribution in [0.1, 0.15) is 17.2 Å². The Morgan fingerprint density at radius 3 is 2.45 bits per heavy atom. The summed E-state index contributed by atoms with van der Waals surface area (Å²) in [7, 11) is 0. The highest BCUT2D eigenvalue weighted by molar-refractivity contribution is 6.31. The summed E-state index contributed by atoms with van der Waals surface area (Å²) in [6.45, 7) is 0.188. The predicted octanol–water partition coefficient (Wildman–Crippen LogP) is 2.73. The number of benzene rings is 2. The van der Waals surface area contributed by atoms with Crippen molar-refractivity contribution in [2.45, 2.75) is 12.5 Å². The average molecular weight is 290 g/mol. The van der Waals surface area contributed by atoms with Gasteiger partial charge in [-0.05, 0) is 17.2 Å². The molecule has 2 N–H and O–H groups in total. The molecule has 0 aromatic heterocycles. The van der Waals surface area contributed by atoms with Crippen molar-refractivity contribution in [2.24, 2.45) is 0 Å². The largest absolute Gasteiger partial charge is 0.387 e. The molecule has 2 rings (SSSR count). The molecule has 0 radical (unpaired) electrons. The van der Waals surface area contributed by atoms with Crippen LogP contribution in [0.5, 0.6) is 0 Å². The monoisotopic (exact) mass is 289 g/mol. The summed E-state index contributed by atoms with van der Waals surface area (Å²) in [6, 6.07) is 16.5. The first kappa shape index (κ1) is 14.6. The molecule has 0 aliphatic carbocycles. The van der Waals surface area contributed by atoms with Crippen LogP contribution in [-0.4, -0.2) is 17.6 Å². The van der Waals surface area contributed by atoms with Crippen molar-refractivity contribution < 1.29 is 9.90 Å². The van der Waals surface area contributed by atoms with E-state index in [0.29, 0.717) is 5.02 Å². The molecule has 20 heavy (non-hydrogen) atoms. The van der Waals surface area contributed by atoms with Gasteiger partial charge in [0.05, 0.1) is 12.5 Å². The molecule has 0 spiro atoms. The molecule has 0 saturated carbocycles. The maximum Gasteiger partial charge on any atom is 0.224 e. The minimum absolute atomic E-state index is 0.159. The average Bonchev–Trinajstić information content (AvgIpc) is 2.48. The second kappa shape index (κ2) is 7.08. The van der Waals surface area contributed by atoms with Crippen LogP contribution in [0, 0.1) is 0 Å². The van der Waals surface area contributed by atoms with Gasteiger partial charge in [-0.1, -0.05) is 60.1 Å². The van der Waals surface area contributed by atoms with E-state index in [-0.39, 0.29) is 18.9 Å². The van der Waals surface area contributed by atoms with Crippen LogP contribution in [0.2, 0.25) is 5.02 Å². The van der Waals surface area contributed by atoms with Gasteiger partial charge in [0.2, 0.25) is 5.91 Å². The lowest BCUT2D eigenvalue weighted by atomic mass is 10.1. The third-order valence-electron chi connectivity index (χ3n) is 2.99. The van der Waals surface area contributed by atoms with Crippen molar-refractivity contribution >= 4 is 17.5 Å². The third-order valence-corrected chi connectivity index (χ3v) is 3.35. The maximum absolute atomic E-state index is 11.8. The minimum Gasteiger partial charge on any atom is -0.387 e. The first-order chi connectivity index (χ1) is 9.66. The Labute approximate surface area is 123 Å². The molecule has 0 saturated heterocycles. The van der Waals surface area contributed by atoms with Crippen LogP contribution in [0.25, 0.3) is 0 Å². The SMILES string of the molecule is O=C(Cc1ccccc1Cl)NC[C@H](O)c1ccccc1. The summed E-state index contributed by atoms with van der Waals surface area (Å²) in [5, 5.41) is 13.2. The Morgan fingerprint density at radius 2 is 1.75 bits per heavy atom. The fraction of sp³-hybridized carbons (Fsp3) is 0.188. The standard InChI is InChI=1S/C16H16ClNO2/c17-14-9-5-4-8-13(14)10-16(20)18-11-15(19)12-6-2-1-3-7-12/h1-9,15,19H,10-11H2,(H,18,20)/t15-/m0/s1. The van der Waals surface area contributed by atoms with E-state index in [1.54, 1.807) is 6.07 Å². The summed E-state index contributed by atoms with van der Waals surface area (Å²) in [5.41, 5.74) is 1.56. The Morgan fingerprint density at radius 1 is 1.10 bits per heavy atom. The van der Waals surface area contributed by atoms with Crippen LogP contribution in [0.3, 0.4) is 0 Å². The van der Waals surface area contributed by atoms with Crippen molar-refractivity contribution in [1.29, 1.82) is 0 Å². The molecule has 0 unspecified atom stereocenters. The molecule has 4 heteroatoms. The summed E-state index contributed by atoms with van der Waals surface area (Å²) in [4.78, 5) is 11.8. The zero-order valence-electron chi connectivity index (χ0n) is 10.9. The maximum atomic E-state index is 11.8. The number of hydrogen-bond donors (Lipinski definition) is 2. The number of amides is 1. The fourth-order valence-electron chi connectivity index (χ4n) is 1.88. The number of carbonyl (C=O) groups excluding carboxylic acids is 1. The van der Waals surface area contributed by atoms with Crippen LogP contribution in [0.15, 0.2) is 54.6 Å². The molecule has 0 aliphatic rings. The zero-order chi connectivity index (χ0) is 14.4. The number of hydrogen-bond acceptors (Lipinski definition) is 2. The normalized spacial score (nSPS) is 11.9. The van der Waals surface area contributed by atoms with E-state index >= 15 is 0 Å². The molecule has 0 bridgehead atoms. The Kier molecular flexibility index (Phi) is 5.16. The van der Waals surface area contributed by atoms with E-state index in [4.69, 9.17) is 11.6 Å². The van der Waals surface area contributed by atoms with Crippen molar-refractivity contribution in [3.05, 3.63) is 70.7 Å². The lowest BCUT2D eigenvalue weighted by Gasteiger charge is -2.12. The van der Waals surface area contributed by atoms with Crippen molar-refractivity contribution in [3.63, 3.8) is 0 Å². The summed E-state index contributed by atoms with van der Waals surface area (Å²) >= 11 is 6.00. The van der Waals surface area contributed by atoms with Crippen LogP contribution in [0.4, 0.5) is 0 Å². The third kappa shape index (κ3) is 4.08. The summed E-state index contributed by atoms with van der Waals surface area (Å²) in [5.74, 6) is -0.159. The summed E-state index contributed by atoms with van der Waals surface area (Å²) in [6.07, 6.45) is -0.493. The molecule has 0 heterocycles. The zero-order valence-corrected chi connectivity index (χ0v) is 11.7. The minimum atomic E-state index is -0.702. The van der Waals surface area contributed by atoms with Gasteiger partial charge in [0.25, 0.3) is 0 Å². The highest BCUT2D eigenvalue weighted by Crippen LogP contribution is 2.15. The van der Waals surface area contributed by atoms with Gasteiger partial charge >= 0.3 is 0 Å². The number of nitrogens with one attached hydrogen (secondary N) is 1. The van der Waals surface area contributed by atoms with Gasteiger partial charge in [0.1, 0.15) is 0 Å². The topological polar surface area (TPSA) is 49.3 Å². The first-order valence-corrected chi connectivity index (χ1v) is 6.77. The quantitative estimate of drug-likeness (QED) is 0.889. The predicted molar refractivity (Wildman–Crippen MR) is 79.6 cm³/mol. The summed E-state index contributed by atoms with van der Waals surface area (Å²) < 4.78 is 0. The van der Waals surface area contributed by atoms with Gasteiger partial charge in [-0.2, -0.15) is 0 Å². The van der Waals surface area contributed by atoms with Crippen LogP contribution in [-0.2, 0) is 11.2 Å². The Bertz CT molecular complexity index is 572. The molecule has 1 amide bonds. The van der Waals surface area contributed by atoms with E-state index in [1.807, 2.05) is 48.5 Å². The molecular weight excluding hydrogens is 274 g/mol. The molecular formula is C16H16ClNO2. The van der Waals surface area contributed by atoms with Gasteiger partial charge in [-0.3, -0.25) is 4.79 Å². The number of aliphatic hydroxyl groups excluding tert-OH is 1. The van der Waals surface area contributed by atoms with Gasteiger partial charge < -0.3 is 10.4 Å². The number of rotatable bonds is 5. The highest BCUT2D eigenvalue weighted by Gasteiger charge is 2.10. The van der Waals surface area contributed by atoms with Crippen LogP contribution < -0.4 is 5.32 Å². The Hall–Kier alpha value is -1.84. The fourth-order valence-corrected chi connectivity index (χ4v) is 2.08. The van der Waals surface area contributed by atoms with Crippen LogP contribution >= 0.6 is 11.6 Å². The van der Waals surface area contributed by atoms with E-state index in [0.717, 1.165) is 11.1 Å². The van der Waals surface area contributed by atoms with Crippen molar-refractivity contribution in [2.75, 3.05) is 6.54 Å². The van der Waals surface area contributed by atoms with E-state index in [1.165, 1.54) is 0 Å². The molecule has 3 nitrogen and oxygen atoms in total. The Balaban J connectivity index is 1.85. The second-order valence-corrected chi connectivity index (χ2v) is 4.91. The van der Waals surface area contributed by atoms with E-state index in [2.05, 4.69) is 5.32 Å². The first-order valence-electron chi connectivity index (χ1n) is 6.40. The molecule has 2 aromatic carbocycles. The molecule has 2 aromatic rings. The number of carbonyl (C=O) groups is 1. The lowest BCUT2D eigenvalue weighted by molar-refractivity contribution is -0.120. The van der Waals surface area contributed by atoms with Crippen molar-refractivity contribution in [3.8, 4) is 0 Å². The van der Waals surface area contributed by atoms with Gasteiger partial charge in [-0.15, -0.1) is 0 Å². The van der Waals surface area contributed by atoms with Gasteiger partial charge in [0.15, 0.2) is 0 Å². The van der Waals surface area contributed by atoms with Gasteiger partial charge in [0, 0.05) is 11.6 Å². The molecule has 1 atom stereocenters.